The van der Waals surface area contributed by atoms with Crippen LogP contribution in [0.15, 0.2) is 24.3 Å². The van der Waals surface area contributed by atoms with Gasteiger partial charge in [-0.15, -0.1) is 0 Å². The normalized spacial score (nSPS) is 19.4. The average Bonchev–Trinajstić information content (AvgIpc) is 2.42. The number of carbonyl (C=O) groups excluding carboxylic acids is 2. The maximum Gasteiger partial charge on any atom is 0.246 e. The molecule has 2 amide bonds. The molecule has 0 bridgehead atoms. The van der Waals surface area contributed by atoms with Gasteiger partial charge in [0.25, 0.3) is 0 Å². The summed E-state index contributed by atoms with van der Waals surface area (Å²) in [5.41, 5.74) is 0.678. The summed E-state index contributed by atoms with van der Waals surface area (Å²) in [7, 11) is 1.61. The second-order valence-corrected chi connectivity index (χ2v) is 6.41. The third-order valence-electron chi connectivity index (χ3n) is 3.60. The average molecular weight is 290 g/mol. The molecule has 5 heteroatoms. The lowest BCUT2D eigenvalue weighted by atomic mass is 9.84. The number of piperazine rings is 1. The van der Waals surface area contributed by atoms with E-state index < -0.39 is 6.04 Å². The topological polar surface area (TPSA) is 58.6 Å². The minimum Gasteiger partial charge on any atom is -0.497 e. The molecule has 0 radical (unpaired) electrons. The van der Waals surface area contributed by atoms with Gasteiger partial charge in [-0.25, -0.2) is 0 Å². The first-order valence-electron chi connectivity index (χ1n) is 7.02. The molecule has 21 heavy (non-hydrogen) atoms. The third kappa shape index (κ3) is 3.54. The van der Waals surface area contributed by atoms with Crippen LogP contribution in [0.4, 0.5) is 0 Å². The number of hydrogen-bond acceptors (Lipinski definition) is 3. The van der Waals surface area contributed by atoms with E-state index in [1.54, 1.807) is 12.0 Å². The lowest BCUT2D eigenvalue weighted by Gasteiger charge is -2.38. The quantitative estimate of drug-likeness (QED) is 0.919. The van der Waals surface area contributed by atoms with E-state index >= 15 is 0 Å². The van der Waals surface area contributed by atoms with Crippen molar-refractivity contribution in [3.8, 4) is 5.75 Å². The molecule has 1 fully saturated rings. The highest BCUT2D eigenvalue weighted by Crippen LogP contribution is 2.24. The molecular formula is C16H22N2O3. The summed E-state index contributed by atoms with van der Waals surface area (Å²) in [6.07, 6.45) is 0. The van der Waals surface area contributed by atoms with Crippen LogP contribution in [0, 0.1) is 5.41 Å². The molecule has 1 aromatic rings. The van der Waals surface area contributed by atoms with Crippen LogP contribution >= 0.6 is 0 Å². The van der Waals surface area contributed by atoms with Gasteiger partial charge in [0.05, 0.1) is 13.7 Å². The number of nitrogens with one attached hydrogen (secondary N) is 1. The van der Waals surface area contributed by atoms with E-state index in [0.29, 0.717) is 6.54 Å². The summed E-state index contributed by atoms with van der Waals surface area (Å²) < 4.78 is 5.11. The second kappa shape index (κ2) is 5.76. The molecule has 5 nitrogen and oxygen atoms in total. The monoisotopic (exact) mass is 290 g/mol. The fourth-order valence-electron chi connectivity index (χ4n) is 2.37. The van der Waals surface area contributed by atoms with Crippen molar-refractivity contribution in [3.63, 3.8) is 0 Å². The van der Waals surface area contributed by atoms with Gasteiger partial charge in [-0.2, -0.15) is 0 Å². The lowest BCUT2D eigenvalue weighted by Crippen LogP contribution is -2.61. The molecule has 1 saturated heterocycles. The Hall–Kier alpha value is -2.04. The van der Waals surface area contributed by atoms with Gasteiger partial charge in [-0.3, -0.25) is 9.59 Å². The summed E-state index contributed by atoms with van der Waals surface area (Å²) in [5, 5.41) is 2.79. The van der Waals surface area contributed by atoms with Crippen molar-refractivity contribution in [2.45, 2.75) is 33.4 Å². The van der Waals surface area contributed by atoms with E-state index in [9.17, 15) is 9.59 Å². The number of rotatable bonds is 3. The third-order valence-corrected chi connectivity index (χ3v) is 3.60. The Morgan fingerprint density at radius 3 is 2.38 bits per heavy atom. The van der Waals surface area contributed by atoms with Crippen LogP contribution in [0.1, 0.15) is 26.3 Å². The van der Waals surface area contributed by atoms with Gasteiger partial charge in [0, 0.05) is 6.54 Å². The van der Waals surface area contributed by atoms with Crippen molar-refractivity contribution >= 4 is 11.8 Å². The number of hydrogen-bond donors (Lipinski definition) is 1. The van der Waals surface area contributed by atoms with Gasteiger partial charge in [0.15, 0.2) is 0 Å². The Bertz CT molecular complexity index is 531. The molecule has 2 rings (SSSR count). The van der Waals surface area contributed by atoms with E-state index in [0.717, 1.165) is 11.3 Å². The van der Waals surface area contributed by atoms with E-state index in [1.807, 2.05) is 45.0 Å². The van der Waals surface area contributed by atoms with E-state index in [2.05, 4.69) is 5.32 Å². The Balaban J connectivity index is 2.14. The molecule has 1 N–H and O–H groups in total. The van der Waals surface area contributed by atoms with E-state index in [4.69, 9.17) is 4.74 Å². The minimum atomic E-state index is -0.475. The number of amides is 2. The maximum atomic E-state index is 12.5. The fraction of sp³-hybridized carbons (Fsp3) is 0.500. The minimum absolute atomic E-state index is 0.0297. The largest absolute Gasteiger partial charge is 0.497 e. The first kappa shape index (κ1) is 15.4. The molecular weight excluding hydrogens is 268 g/mol. The predicted molar refractivity (Wildman–Crippen MR) is 79.8 cm³/mol. The van der Waals surface area contributed by atoms with Crippen LogP contribution in [-0.4, -0.2) is 36.4 Å². The van der Waals surface area contributed by atoms with Crippen LogP contribution in [0.2, 0.25) is 0 Å². The van der Waals surface area contributed by atoms with E-state index in [-0.39, 0.29) is 23.8 Å². The number of methoxy groups -OCH3 is 1. The van der Waals surface area contributed by atoms with Gasteiger partial charge in [0.1, 0.15) is 11.8 Å². The Kier molecular flexibility index (Phi) is 4.21. The number of ether oxygens (including phenoxy) is 1. The second-order valence-electron chi connectivity index (χ2n) is 6.41. The van der Waals surface area contributed by atoms with Gasteiger partial charge < -0.3 is 15.0 Å². The number of benzene rings is 1. The molecule has 1 aromatic carbocycles. The summed E-state index contributed by atoms with van der Waals surface area (Å²) >= 11 is 0. The molecule has 1 atom stereocenters. The Morgan fingerprint density at radius 1 is 1.24 bits per heavy atom. The Morgan fingerprint density at radius 2 is 1.86 bits per heavy atom. The fourth-order valence-corrected chi connectivity index (χ4v) is 2.37. The van der Waals surface area contributed by atoms with Crippen molar-refractivity contribution in [1.29, 1.82) is 0 Å². The molecule has 0 saturated carbocycles. The molecule has 1 unspecified atom stereocenters. The van der Waals surface area contributed by atoms with Crippen molar-refractivity contribution < 1.29 is 14.3 Å². The highest BCUT2D eigenvalue weighted by Gasteiger charge is 2.39. The van der Waals surface area contributed by atoms with Crippen LogP contribution in [-0.2, 0) is 16.1 Å². The zero-order valence-corrected chi connectivity index (χ0v) is 13.0. The van der Waals surface area contributed by atoms with Crippen molar-refractivity contribution in [1.82, 2.24) is 10.2 Å². The molecule has 0 aromatic heterocycles. The maximum absolute atomic E-state index is 12.5. The molecule has 114 valence electrons. The molecule has 1 heterocycles. The summed E-state index contributed by atoms with van der Waals surface area (Å²) in [5.74, 6) is 0.634. The standard InChI is InChI=1S/C16H22N2O3/c1-16(2,3)14-15(20)18(10-13(19)17-14)9-11-5-7-12(21-4)8-6-11/h5-8,14H,9-10H2,1-4H3,(H,17,19). The Labute approximate surface area is 125 Å². The number of carbonyl (C=O) groups is 2. The summed E-state index contributed by atoms with van der Waals surface area (Å²) in [4.78, 5) is 26.0. The van der Waals surface area contributed by atoms with Crippen LogP contribution in [0.25, 0.3) is 0 Å². The first-order chi connectivity index (χ1) is 9.81. The van der Waals surface area contributed by atoms with Gasteiger partial charge in [0.2, 0.25) is 11.8 Å². The van der Waals surface area contributed by atoms with Crippen molar-refractivity contribution in [2.75, 3.05) is 13.7 Å². The molecule has 1 aliphatic rings. The first-order valence-corrected chi connectivity index (χ1v) is 7.02. The summed E-state index contributed by atoms with van der Waals surface area (Å²) in [6, 6.07) is 7.04. The smallest absolute Gasteiger partial charge is 0.246 e. The van der Waals surface area contributed by atoms with Crippen molar-refractivity contribution in [2.24, 2.45) is 5.41 Å². The van der Waals surface area contributed by atoms with E-state index in [1.165, 1.54) is 0 Å². The highest BCUT2D eigenvalue weighted by molar-refractivity contribution is 5.95. The van der Waals surface area contributed by atoms with Gasteiger partial charge in [-0.1, -0.05) is 32.9 Å². The van der Waals surface area contributed by atoms with Crippen molar-refractivity contribution in [3.05, 3.63) is 29.8 Å². The number of nitrogens with zero attached hydrogens (tertiary/aromatic N) is 1. The SMILES string of the molecule is COc1ccc(CN2CC(=O)NC(C(C)(C)C)C2=O)cc1. The van der Waals surface area contributed by atoms with Gasteiger partial charge in [-0.05, 0) is 23.1 Å². The van der Waals surface area contributed by atoms with Gasteiger partial charge >= 0.3 is 0 Å². The molecule has 1 aliphatic heterocycles. The zero-order chi connectivity index (χ0) is 15.6. The lowest BCUT2D eigenvalue weighted by molar-refractivity contribution is -0.147. The summed E-state index contributed by atoms with van der Waals surface area (Å²) in [6.45, 7) is 6.40. The molecule has 0 aliphatic carbocycles. The predicted octanol–water partition coefficient (Wildman–Crippen LogP) is 1.57. The van der Waals surface area contributed by atoms with Crippen LogP contribution < -0.4 is 10.1 Å². The molecule has 0 spiro atoms. The van der Waals surface area contributed by atoms with Crippen LogP contribution in [0.3, 0.4) is 0 Å². The highest BCUT2D eigenvalue weighted by atomic mass is 16.5. The zero-order valence-electron chi connectivity index (χ0n) is 13.0. The van der Waals surface area contributed by atoms with Crippen LogP contribution in [0.5, 0.6) is 5.75 Å².